The van der Waals surface area contributed by atoms with E-state index in [0.29, 0.717) is 21.3 Å². The lowest BCUT2D eigenvalue weighted by Crippen LogP contribution is -2.82. The highest BCUT2D eigenvalue weighted by Gasteiger charge is 2.14. The number of hydrazine groups is 1. The van der Waals surface area contributed by atoms with Crippen molar-refractivity contribution < 1.29 is 24.4 Å². The Labute approximate surface area is 201 Å². The van der Waals surface area contributed by atoms with Gasteiger partial charge in [-0.3, -0.25) is 19.7 Å². The van der Waals surface area contributed by atoms with Crippen LogP contribution in [-0.2, 0) is 4.79 Å². The van der Waals surface area contributed by atoms with Gasteiger partial charge in [0, 0.05) is 22.2 Å². The fourth-order valence-corrected chi connectivity index (χ4v) is 3.18. The van der Waals surface area contributed by atoms with Crippen LogP contribution in [0.4, 0.5) is 11.4 Å². The van der Waals surface area contributed by atoms with Gasteiger partial charge in [-0.25, -0.2) is 0 Å². The molecule has 0 heterocycles. The Bertz CT molecular complexity index is 1280. The molecule has 12 heteroatoms. The van der Waals surface area contributed by atoms with E-state index in [2.05, 4.69) is 37.0 Å². The summed E-state index contributed by atoms with van der Waals surface area (Å²) in [6, 6.07) is 16.9. The molecule has 11 nitrogen and oxygen atoms in total. The number of nitrogens with zero attached hydrogens (tertiary/aromatic N) is 2. The molecular weight excluding hydrogens is 510 g/mol. The summed E-state index contributed by atoms with van der Waals surface area (Å²) in [5.74, 6) is -0.482. The van der Waals surface area contributed by atoms with Crippen molar-refractivity contribution in [3.63, 3.8) is 0 Å². The summed E-state index contributed by atoms with van der Waals surface area (Å²) in [5.41, 5.74) is 2.95. The predicted molar refractivity (Wildman–Crippen MR) is 126 cm³/mol. The molecule has 3 aromatic carbocycles. The number of benzene rings is 3. The second-order valence-corrected chi connectivity index (χ2v) is 7.53. The molecule has 0 aliphatic heterocycles. The Kier molecular flexibility index (Phi) is 8.13. The molecule has 172 valence electrons. The van der Waals surface area contributed by atoms with Gasteiger partial charge in [-0.1, -0.05) is 18.2 Å². The van der Waals surface area contributed by atoms with Crippen LogP contribution < -0.4 is 20.6 Å². The van der Waals surface area contributed by atoms with Crippen LogP contribution >= 0.6 is 15.9 Å². The molecule has 0 aliphatic carbocycles. The van der Waals surface area contributed by atoms with E-state index in [1.54, 1.807) is 48.5 Å². The standard InChI is InChI=1S/C22H16BrN5O6/c23-18-7-2-1-6-17(18)22(30)24-13-21(29)26-25-12-14-4-3-5-16(10-14)34-20-9-8-15(28(32)33)11-19(20)27-31/h1-12H,13H2,(H,24,30)(H,26,29)/p+1/b25-12+. The molecule has 3 N–H and O–H groups in total. The minimum atomic E-state index is -0.639. The first-order valence-corrected chi connectivity index (χ1v) is 10.5. The summed E-state index contributed by atoms with van der Waals surface area (Å²) in [5, 5.41) is 18.8. The highest BCUT2D eigenvalue weighted by Crippen LogP contribution is 2.34. The maximum absolute atomic E-state index is 12.1. The van der Waals surface area contributed by atoms with Gasteiger partial charge in [-0.2, -0.15) is 0 Å². The van der Waals surface area contributed by atoms with Crippen molar-refractivity contribution in [1.82, 2.24) is 10.7 Å². The number of nitroso groups, excluding NO2 is 1. The van der Waals surface area contributed by atoms with Gasteiger partial charge < -0.3 is 10.1 Å². The quantitative estimate of drug-likeness (QED) is 0.168. The topological polar surface area (TPSA) is 154 Å². The number of rotatable bonds is 9. The molecule has 3 aromatic rings. The zero-order valence-electron chi connectivity index (χ0n) is 17.4. The van der Waals surface area contributed by atoms with Crippen LogP contribution in [0.5, 0.6) is 11.5 Å². The Hall–Kier alpha value is -4.45. The molecule has 2 amide bonds. The zero-order chi connectivity index (χ0) is 24.5. The monoisotopic (exact) mass is 526 g/mol. The highest BCUT2D eigenvalue weighted by molar-refractivity contribution is 9.10. The summed E-state index contributed by atoms with van der Waals surface area (Å²) < 4.78 is 6.23. The minimum Gasteiger partial charge on any atom is -0.455 e. The van der Waals surface area contributed by atoms with E-state index in [9.17, 15) is 24.6 Å². The van der Waals surface area contributed by atoms with E-state index < -0.39 is 16.7 Å². The number of hydrogen-bond donors (Lipinski definition) is 3. The number of carbonyl (C=O) groups is 2. The lowest BCUT2D eigenvalue weighted by atomic mass is 10.2. The summed E-state index contributed by atoms with van der Waals surface area (Å²) in [6.45, 7) is -0.244. The van der Waals surface area contributed by atoms with Crippen LogP contribution in [0.15, 0.2) is 76.4 Å². The Morgan fingerprint density at radius 2 is 1.91 bits per heavy atom. The second kappa shape index (κ2) is 11.4. The van der Waals surface area contributed by atoms with E-state index in [4.69, 9.17) is 4.74 Å². The number of non-ortho nitro benzene ring substituents is 1. The van der Waals surface area contributed by atoms with Gasteiger partial charge in [-0.05, 0) is 57.5 Å². The molecule has 34 heavy (non-hydrogen) atoms. The van der Waals surface area contributed by atoms with Gasteiger partial charge in [0.15, 0.2) is 17.7 Å². The molecule has 0 spiro atoms. The fourth-order valence-electron chi connectivity index (χ4n) is 2.72. The maximum atomic E-state index is 12.1. The molecule has 3 rings (SSSR count). The van der Waals surface area contributed by atoms with Crippen molar-refractivity contribution in [2.24, 2.45) is 5.18 Å². The van der Waals surface area contributed by atoms with E-state index in [1.165, 1.54) is 18.3 Å². The fraction of sp³-hybridized carbons (Fsp3) is 0.0455. The summed E-state index contributed by atoms with van der Waals surface area (Å²) in [4.78, 5) is 45.3. The van der Waals surface area contributed by atoms with Crippen LogP contribution in [0, 0.1) is 15.0 Å². The van der Waals surface area contributed by atoms with Gasteiger partial charge in [0.1, 0.15) is 12.3 Å². The Morgan fingerprint density at radius 3 is 2.65 bits per heavy atom. The highest BCUT2D eigenvalue weighted by atomic mass is 79.9. The first kappa shape index (κ1) is 24.2. The lowest BCUT2D eigenvalue weighted by Gasteiger charge is -2.07. The van der Waals surface area contributed by atoms with E-state index in [0.717, 1.165) is 6.07 Å². The molecule has 0 unspecified atom stereocenters. The molecule has 0 aliphatic rings. The lowest BCUT2D eigenvalue weighted by molar-refractivity contribution is -0.505. The third-order valence-electron chi connectivity index (χ3n) is 4.32. The Balaban J connectivity index is 1.57. The normalized spacial score (nSPS) is 10.5. The third-order valence-corrected chi connectivity index (χ3v) is 5.01. The number of hydrogen-bond acceptors (Lipinski definition) is 7. The van der Waals surface area contributed by atoms with Crippen molar-refractivity contribution in [3.05, 3.63) is 97.4 Å². The van der Waals surface area contributed by atoms with Crippen LogP contribution in [0.2, 0.25) is 0 Å². The molecule has 0 saturated heterocycles. The third kappa shape index (κ3) is 6.53. The van der Waals surface area contributed by atoms with Crippen molar-refractivity contribution >= 4 is 45.3 Å². The number of carbonyl (C=O) groups excluding carboxylic acids is 2. The molecule has 0 radical (unpaired) electrons. The SMILES string of the molecule is O=Nc1cc([N+](=O)[O-])ccc1Oc1cccc(/C=[NH+]/NC(=O)CNC(=O)c2ccccc2Br)c1. The first-order valence-electron chi connectivity index (χ1n) is 9.67. The van der Waals surface area contributed by atoms with Crippen LogP contribution in [-0.4, -0.2) is 29.5 Å². The molecule has 0 atom stereocenters. The molecule has 0 saturated carbocycles. The first-order chi connectivity index (χ1) is 16.4. The van der Waals surface area contributed by atoms with Gasteiger partial charge in [0.25, 0.3) is 17.5 Å². The van der Waals surface area contributed by atoms with Gasteiger partial charge in [0.05, 0.1) is 10.5 Å². The number of halogens is 1. The number of hydrazone groups is 1. The smallest absolute Gasteiger partial charge is 0.293 e. The van der Waals surface area contributed by atoms with E-state index in [1.807, 2.05) is 0 Å². The van der Waals surface area contributed by atoms with E-state index in [-0.39, 0.29) is 23.7 Å². The zero-order valence-corrected chi connectivity index (χ0v) is 18.9. The van der Waals surface area contributed by atoms with Crippen LogP contribution in [0.25, 0.3) is 0 Å². The molecule has 0 fully saturated rings. The van der Waals surface area contributed by atoms with Crippen LogP contribution in [0.3, 0.4) is 0 Å². The number of amides is 2. The predicted octanol–water partition coefficient (Wildman–Crippen LogP) is 2.51. The summed E-state index contributed by atoms with van der Waals surface area (Å²) in [7, 11) is 0. The molecule has 0 bridgehead atoms. The van der Waals surface area contributed by atoms with Crippen molar-refractivity contribution in [2.45, 2.75) is 0 Å². The van der Waals surface area contributed by atoms with Gasteiger partial charge >= 0.3 is 0 Å². The molecular formula is C22H17BrN5O6+. The van der Waals surface area contributed by atoms with E-state index >= 15 is 0 Å². The average Bonchev–Trinajstić information content (AvgIpc) is 2.83. The number of ether oxygens (including phenoxy) is 1. The second-order valence-electron chi connectivity index (χ2n) is 6.67. The maximum Gasteiger partial charge on any atom is 0.293 e. The van der Waals surface area contributed by atoms with Crippen molar-refractivity contribution in [3.8, 4) is 11.5 Å². The summed E-state index contributed by atoms with van der Waals surface area (Å²) >= 11 is 3.28. The minimum absolute atomic E-state index is 0.0554. The number of nitro benzene ring substituents is 1. The molecule has 0 aromatic heterocycles. The van der Waals surface area contributed by atoms with Gasteiger partial charge in [0.2, 0.25) is 0 Å². The Morgan fingerprint density at radius 1 is 1.12 bits per heavy atom. The largest absolute Gasteiger partial charge is 0.455 e. The number of nitro groups is 1. The number of nitrogens with one attached hydrogen (secondary N) is 3. The average molecular weight is 527 g/mol. The van der Waals surface area contributed by atoms with Crippen molar-refractivity contribution in [2.75, 3.05) is 6.54 Å². The summed E-state index contributed by atoms with van der Waals surface area (Å²) in [6.07, 6.45) is 1.48. The van der Waals surface area contributed by atoms with Gasteiger partial charge in [-0.15, -0.1) is 15.4 Å². The van der Waals surface area contributed by atoms with Crippen LogP contribution in [0.1, 0.15) is 15.9 Å². The van der Waals surface area contributed by atoms with Crippen molar-refractivity contribution in [1.29, 1.82) is 0 Å².